The van der Waals surface area contributed by atoms with E-state index >= 15 is 0 Å². The van der Waals surface area contributed by atoms with Crippen molar-refractivity contribution in [1.82, 2.24) is 0 Å². The van der Waals surface area contributed by atoms with Crippen LogP contribution in [0.1, 0.15) is 48.5 Å². The minimum Gasteiger partial charge on any atom is -0.282 e. The zero-order chi connectivity index (χ0) is 11.2. The quantitative estimate of drug-likeness (QED) is 0.593. The van der Waals surface area contributed by atoms with Crippen LogP contribution in [0.2, 0.25) is 0 Å². The van der Waals surface area contributed by atoms with Gasteiger partial charge in [0.05, 0.1) is 16.3 Å². The SMILES string of the molecule is CC1=NCC(C(C)(C)C)(C(C)(C)C)S1. The highest BCUT2D eigenvalue weighted by atomic mass is 32.2. The van der Waals surface area contributed by atoms with Crippen LogP contribution in [0.15, 0.2) is 4.99 Å². The van der Waals surface area contributed by atoms with E-state index in [0.29, 0.717) is 0 Å². The van der Waals surface area contributed by atoms with Gasteiger partial charge in [0.2, 0.25) is 0 Å². The van der Waals surface area contributed by atoms with E-state index in [2.05, 4.69) is 53.5 Å². The Morgan fingerprint density at radius 2 is 1.50 bits per heavy atom. The van der Waals surface area contributed by atoms with Crippen LogP contribution in [0.25, 0.3) is 0 Å². The fourth-order valence-electron chi connectivity index (χ4n) is 2.44. The summed E-state index contributed by atoms with van der Waals surface area (Å²) < 4.78 is 0.254. The van der Waals surface area contributed by atoms with Gasteiger partial charge in [-0.25, -0.2) is 0 Å². The Morgan fingerprint density at radius 1 is 1.07 bits per heavy atom. The number of aliphatic imine (C=N–C) groups is 1. The number of hydrogen-bond acceptors (Lipinski definition) is 2. The summed E-state index contributed by atoms with van der Waals surface area (Å²) in [7, 11) is 0. The lowest BCUT2D eigenvalue weighted by molar-refractivity contribution is 0.152. The minimum atomic E-state index is 0.254. The Morgan fingerprint density at radius 3 is 1.64 bits per heavy atom. The number of hydrogen-bond donors (Lipinski definition) is 0. The monoisotopic (exact) mass is 213 g/mol. The van der Waals surface area contributed by atoms with Crippen molar-refractivity contribution in [3.63, 3.8) is 0 Å². The van der Waals surface area contributed by atoms with Gasteiger partial charge in [-0.3, -0.25) is 4.99 Å². The lowest BCUT2D eigenvalue weighted by atomic mass is 9.65. The van der Waals surface area contributed by atoms with E-state index in [0.717, 1.165) is 6.54 Å². The number of thioether (sulfide) groups is 1. The summed E-state index contributed by atoms with van der Waals surface area (Å²) in [5, 5.41) is 1.25. The molecule has 1 aliphatic heterocycles. The first-order valence-corrected chi connectivity index (χ1v) is 6.12. The predicted molar refractivity (Wildman–Crippen MR) is 67.2 cm³/mol. The highest BCUT2D eigenvalue weighted by molar-refractivity contribution is 8.15. The van der Waals surface area contributed by atoms with Crippen LogP contribution in [0.3, 0.4) is 0 Å². The molecule has 1 heterocycles. The Labute approximate surface area is 92.8 Å². The van der Waals surface area contributed by atoms with Crippen molar-refractivity contribution in [3.8, 4) is 0 Å². The lowest BCUT2D eigenvalue weighted by Gasteiger charge is -2.50. The summed E-state index contributed by atoms with van der Waals surface area (Å²) in [4.78, 5) is 4.60. The fourth-order valence-corrected chi connectivity index (χ4v) is 3.82. The van der Waals surface area contributed by atoms with E-state index < -0.39 is 0 Å². The van der Waals surface area contributed by atoms with Gasteiger partial charge in [-0.2, -0.15) is 0 Å². The van der Waals surface area contributed by atoms with Crippen LogP contribution in [-0.4, -0.2) is 16.3 Å². The first-order valence-electron chi connectivity index (χ1n) is 5.30. The van der Waals surface area contributed by atoms with E-state index in [1.54, 1.807) is 0 Å². The molecule has 0 amide bonds. The molecule has 0 radical (unpaired) electrons. The predicted octanol–water partition coefficient (Wildman–Crippen LogP) is 3.98. The second-order valence-electron chi connectivity index (χ2n) is 6.26. The van der Waals surface area contributed by atoms with Crippen LogP contribution in [0.5, 0.6) is 0 Å². The summed E-state index contributed by atoms with van der Waals surface area (Å²) in [6, 6.07) is 0. The maximum absolute atomic E-state index is 4.60. The van der Waals surface area contributed by atoms with E-state index in [4.69, 9.17) is 0 Å². The van der Waals surface area contributed by atoms with Crippen LogP contribution < -0.4 is 0 Å². The summed E-state index contributed by atoms with van der Waals surface area (Å²) in [6.45, 7) is 17.1. The zero-order valence-corrected chi connectivity index (χ0v) is 11.4. The molecule has 0 bridgehead atoms. The Balaban J connectivity index is 3.08. The third-order valence-corrected chi connectivity index (χ3v) is 5.40. The molecule has 0 spiro atoms. The molecular formula is C12H23NS. The Hall–Kier alpha value is 0.0200. The maximum Gasteiger partial charge on any atom is 0.0651 e. The van der Waals surface area contributed by atoms with Crippen LogP contribution >= 0.6 is 11.8 Å². The van der Waals surface area contributed by atoms with Gasteiger partial charge >= 0.3 is 0 Å². The molecule has 0 aromatic rings. The molecule has 14 heavy (non-hydrogen) atoms. The Bertz CT molecular complexity index is 238. The van der Waals surface area contributed by atoms with Gasteiger partial charge in [-0.15, -0.1) is 11.8 Å². The molecule has 82 valence electrons. The highest BCUT2D eigenvalue weighted by Crippen LogP contribution is 2.56. The smallest absolute Gasteiger partial charge is 0.0651 e. The van der Waals surface area contributed by atoms with Gasteiger partial charge < -0.3 is 0 Å². The van der Waals surface area contributed by atoms with E-state index in [9.17, 15) is 0 Å². The van der Waals surface area contributed by atoms with Crippen LogP contribution in [0, 0.1) is 10.8 Å². The van der Waals surface area contributed by atoms with Crippen LogP contribution in [-0.2, 0) is 0 Å². The molecule has 1 rings (SSSR count). The van der Waals surface area contributed by atoms with Gasteiger partial charge in [0.1, 0.15) is 0 Å². The highest BCUT2D eigenvalue weighted by Gasteiger charge is 2.53. The van der Waals surface area contributed by atoms with Crippen molar-refractivity contribution >= 4 is 16.8 Å². The molecule has 1 nitrogen and oxygen atoms in total. The van der Waals surface area contributed by atoms with Gasteiger partial charge in [0.25, 0.3) is 0 Å². The third-order valence-electron chi connectivity index (χ3n) is 3.27. The maximum atomic E-state index is 4.60. The molecule has 0 aromatic carbocycles. The van der Waals surface area contributed by atoms with Gasteiger partial charge in [0.15, 0.2) is 0 Å². The molecule has 0 aliphatic carbocycles. The van der Waals surface area contributed by atoms with Gasteiger partial charge in [-0.1, -0.05) is 41.5 Å². The standard InChI is InChI=1S/C12H23NS/c1-9-13-8-12(14-9,10(2,3)4)11(5,6)7/h8H2,1-7H3. The molecule has 1 aliphatic rings. The molecule has 0 atom stereocenters. The second-order valence-corrected chi connectivity index (χ2v) is 7.76. The first kappa shape index (κ1) is 12.1. The fraction of sp³-hybridized carbons (Fsp3) is 0.917. The van der Waals surface area contributed by atoms with Crippen molar-refractivity contribution in [2.45, 2.75) is 53.2 Å². The minimum absolute atomic E-state index is 0.254. The van der Waals surface area contributed by atoms with Crippen molar-refractivity contribution in [2.75, 3.05) is 6.54 Å². The zero-order valence-electron chi connectivity index (χ0n) is 10.6. The van der Waals surface area contributed by atoms with E-state index in [1.165, 1.54) is 5.04 Å². The average Bonchev–Trinajstić information content (AvgIpc) is 2.28. The number of rotatable bonds is 0. The normalized spacial score (nSPS) is 22.4. The molecular weight excluding hydrogens is 190 g/mol. The van der Waals surface area contributed by atoms with Gasteiger partial charge in [0, 0.05) is 0 Å². The molecule has 0 saturated heterocycles. The van der Waals surface area contributed by atoms with Gasteiger partial charge in [-0.05, 0) is 17.8 Å². The second kappa shape index (κ2) is 3.26. The number of nitrogens with zero attached hydrogens (tertiary/aromatic N) is 1. The average molecular weight is 213 g/mol. The molecule has 0 saturated carbocycles. The molecule has 0 aromatic heterocycles. The van der Waals surface area contributed by atoms with Crippen molar-refractivity contribution in [2.24, 2.45) is 15.8 Å². The molecule has 0 N–H and O–H groups in total. The third kappa shape index (κ3) is 1.73. The van der Waals surface area contributed by atoms with Crippen molar-refractivity contribution in [1.29, 1.82) is 0 Å². The van der Waals surface area contributed by atoms with Crippen molar-refractivity contribution in [3.05, 3.63) is 0 Å². The summed E-state index contributed by atoms with van der Waals surface area (Å²) >= 11 is 1.98. The Kier molecular flexibility index (Phi) is 2.82. The largest absolute Gasteiger partial charge is 0.282 e. The summed E-state index contributed by atoms with van der Waals surface area (Å²) in [5.41, 5.74) is 0.578. The van der Waals surface area contributed by atoms with E-state index in [-0.39, 0.29) is 15.6 Å². The van der Waals surface area contributed by atoms with Crippen molar-refractivity contribution < 1.29 is 0 Å². The van der Waals surface area contributed by atoms with Crippen LogP contribution in [0.4, 0.5) is 0 Å². The molecule has 0 fully saturated rings. The first-order chi connectivity index (χ1) is 6.10. The summed E-state index contributed by atoms with van der Waals surface area (Å²) in [6.07, 6.45) is 0. The van der Waals surface area contributed by atoms with E-state index in [1.807, 2.05) is 11.8 Å². The topological polar surface area (TPSA) is 12.4 Å². The lowest BCUT2D eigenvalue weighted by Crippen LogP contribution is -2.51. The summed E-state index contributed by atoms with van der Waals surface area (Å²) in [5.74, 6) is 0. The molecule has 0 unspecified atom stereocenters. The molecule has 2 heteroatoms.